The lowest BCUT2D eigenvalue weighted by Crippen LogP contribution is -2.50. The fraction of sp³-hybridized carbons (Fsp3) is 0.381. The number of nitrogens with zero attached hydrogens (tertiary/aromatic N) is 4. The Balaban J connectivity index is 1.61. The first-order chi connectivity index (χ1) is 13.4. The van der Waals surface area contributed by atoms with Gasteiger partial charge in [0.25, 0.3) is 0 Å². The number of hydrogen-bond donors (Lipinski definition) is 1. The summed E-state index contributed by atoms with van der Waals surface area (Å²) in [5.41, 5.74) is 1.95. The molecule has 1 fully saturated rings. The lowest BCUT2D eigenvalue weighted by Gasteiger charge is -2.36. The number of aromatic nitrogens is 2. The van der Waals surface area contributed by atoms with Gasteiger partial charge in [0.05, 0.1) is 17.6 Å². The molecule has 1 aliphatic rings. The Hall–Kier alpha value is -3.27. The van der Waals surface area contributed by atoms with E-state index in [-0.39, 0.29) is 6.09 Å². The number of H-pyrrole nitrogens is 1. The monoisotopic (exact) mass is 377 g/mol. The Morgan fingerprint density at radius 1 is 1.18 bits per heavy atom. The van der Waals surface area contributed by atoms with Crippen LogP contribution < -0.4 is 4.90 Å². The third-order valence-corrected chi connectivity index (χ3v) is 4.82. The van der Waals surface area contributed by atoms with Crippen molar-refractivity contribution in [2.45, 2.75) is 26.4 Å². The summed E-state index contributed by atoms with van der Waals surface area (Å²) in [6.45, 7) is 15.5. The van der Waals surface area contributed by atoms with Crippen molar-refractivity contribution in [2.75, 3.05) is 31.1 Å². The average molecular weight is 377 g/mol. The largest absolute Gasteiger partial charge is 0.444 e. The summed E-state index contributed by atoms with van der Waals surface area (Å²) in [7, 11) is 0. The molecule has 0 bridgehead atoms. The SMILES string of the molecule is [C-]#[N+]c1ccc2nc(N3CCN(C(=O)OC(C)(C)C)CC3)c3cc[nH]c3c2c1. The van der Waals surface area contributed by atoms with Crippen molar-refractivity contribution in [2.24, 2.45) is 0 Å². The van der Waals surface area contributed by atoms with Crippen LogP contribution in [0.5, 0.6) is 0 Å². The van der Waals surface area contributed by atoms with Gasteiger partial charge in [-0.2, -0.15) is 0 Å². The van der Waals surface area contributed by atoms with Crippen LogP contribution in [0.2, 0.25) is 0 Å². The summed E-state index contributed by atoms with van der Waals surface area (Å²) < 4.78 is 5.48. The molecule has 0 spiro atoms. The van der Waals surface area contributed by atoms with Gasteiger partial charge in [-0.15, -0.1) is 0 Å². The summed E-state index contributed by atoms with van der Waals surface area (Å²) in [5, 5.41) is 1.98. The quantitative estimate of drug-likeness (QED) is 0.641. The van der Waals surface area contributed by atoms with Gasteiger partial charge in [0.1, 0.15) is 11.4 Å². The van der Waals surface area contributed by atoms with Crippen molar-refractivity contribution in [1.29, 1.82) is 0 Å². The Morgan fingerprint density at radius 2 is 1.93 bits per heavy atom. The molecule has 0 unspecified atom stereocenters. The van der Waals surface area contributed by atoms with Crippen LogP contribution in [-0.2, 0) is 4.74 Å². The number of hydrogen-bond acceptors (Lipinski definition) is 4. The predicted molar refractivity (Wildman–Crippen MR) is 110 cm³/mol. The van der Waals surface area contributed by atoms with Gasteiger partial charge in [0, 0.05) is 43.1 Å². The number of piperazine rings is 1. The maximum atomic E-state index is 12.3. The molecule has 3 aromatic rings. The molecular weight excluding hydrogens is 354 g/mol. The highest BCUT2D eigenvalue weighted by molar-refractivity contribution is 6.09. The highest BCUT2D eigenvalue weighted by Crippen LogP contribution is 2.33. The van der Waals surface area contributed by atoms with Gasteiger partial charge < -0.3 is 19.5 Å². The van der Waals surface area contributed by atoms with E-state index in [9.17, 15) is 4.79 Å². The minimum absolute atomic E-state index is 0.267. The number of nitrogens with one attached hydrogen (secondary N) is 1. The number of carbonyl (C=O) groups excluding carboxylic acids is 1. The zero-order valence-electron chi connectivity index (χ0n) is 16.3. The van der Waals surface area contributed by atoms with E-state index >= 15 is 0 Å². The zero-order valence-corrected chi connectivity index (χ0v) is 16.3. The van der Waals surface area contributed by atoms with Gasteiger partial charge in [-0.05, 0) is 39.0 Å². The molecule has 28 heavy (non-hydrogen) atoms. The van der Waals surface area contributed by atoms with E-state index in [0.29, 0.717) is 31.9 Å². The van der Waals surface area contributed by atoms with Crippen molar-refractivity contribution in [3.8, 4) is 0 Å². The first kappa shape index (κ1) is 18.1. The van der Waals surface area contributed by atoms with Crippen molar-refractivity contribution < 1.29 is 9.53 Å². The molecule has 1 aliphatic heterocycles. The Morgan fingerprint density at radius 3 is 2.61 bits per heavy atom. The van der Waals surface area contributed by atoms with E-state index in [1.54, 1.807) is 11.0 Å². The molecule has 3 heterocycles. The van der Waals surface area contributed by atoms with E-state index in [2.05, 4.69) is 14.7 Å². The number of anilines is 1. The fourth-order valence-corrected chi connectivity index (χ4v) is 3.51. The summed E-state index contributed by atoms with van der Waals surface area (Å²) >= 11 is 0. The lowest BCUT2D eigenvalue weighted by molar-refractivity contribution is 0.0240. The number of fused-ring (bicyclic) bond motifs is 3. The van der Waals surface area contributed by atoms with Gasteiger partial charge in [0.2, 0.25) is 0 Å². The van der Waals surface area contributed by atoms with E-state index < -0.39 is 5.60 Å². The van der Waals surface area contributed by atoms with Crippen molar-refractivity contribution in [3.05, 3.63) is 41.9 Å². The zero-order chi connectivity index (χ0) is 19.9. The number of rotatable bonds is 1. The van der Waals surface area contributed by atoms with Gasteiger partial charge in [0.15, 0.2) is 5.69 Å². The second-order valence-electron chi connectivity index (χ2n) is 7.97. The molecule has 0 aliphatic carbocycles. The molecule has 0 atom stereocenters. The number of carbonyl (C=O) groups is 1. The van der Waals surface area contributed by atoms with Gasteiger partial charge in [-0.25, -0.2) is 14.6 Å². The fourth-order valence-electron chi connectivity index (χ4n) is 3.51. The Kier molecular flexibility index (Phi) is 4.34. The van der Waals surface area contributed by atoms with Crippen LogP contribution >= 0.6 is 0 Å². The van der Waals surface area contributed by atoms with Crippen LogP contribution in [0.4, 0.5) is 16.3 Å². The van der Waals surface area contributed by atoms with E-state index in [1.165, 1.54) is 0 Å². The third kappa shape index (κ3) is 3.33. The normalized spacial score (nSPS) is 15.1. The van der Waals surface area contributed by atoms with Crippen molar-refractivity contribution >= 4 is 39.4 Å². The van der Waals surface area contributed by atoms with Gasteiger partial charge in [-0.3, -0.25) is 0 Å². The Bertz CT molecular complexity index is 1080. The number of ether oxygens (including phenoxy) is 1. The number of benzene rings is 1. The maximum absolute atomic E-state index is 12.3. The highest BCUT2D eigenvalue weighted by Gasteiger charge is 2.27. The molecule has 1 amide bonds. The topological polar surface area (TPSA) is 65.8 Å². The molecule has 0 radical (unpaired) electrons. The van der Waals surface area contributed by atoms with Crippen LogP contribution in [-0.4, -0.2) is 52.7 Å². The van der Waals surface area contributed by atoms with Crippen LogP contribution in [0.1, 0.15) is 20.8 Å². The van der Waals surface area contributed by atoms with E-state index in [1.807, 2.05) is 45.2 Å². The molecule has 4 rings (SSSR count). The second-order valence-corrected chi connectivity index (χ2v) is 7.97. The van der Waals surface area contributed by atoms with Crippen LogP contribution in [0, 0.1) is 6.57 Å². The summed E-state index contributed by atoms with van der Waals surface area (Å²) in [5.74, 6) is 0.906. The lowest BCUT2D eigenvalue weighted by atomic mass is 10.1. The second kappa shape index (κ2) is 6.71. The van der Waals surface area contributed by atoms with Crippen LogP contribution in [0.3, 0.4) is 0 Å². The summed E-state index contributed by atoms with van der Waals surface area (Å²) in [6.07, 6.45) is 1.63. The number of pyridine rings is 1. The minimum Gasteiger partial charge on any atom is -0.444 e. The molecule has 1 saturated heterocycles. The van der Waals surface area contributed by atoms with Crippen molar-refractivity contribution in [3.63, 3.8) is 0 Å². The molecule has 1 aromatic carbocycles. The van der Waals surface area contributed by atoms with Crippen LogP contribution in [0.15, 0.2) is 30.5 Å². The van der Waals surface area contributed by atoms with Gasteiger partial charge >= 0.3 is 6.09 Å². The predicted octanol–water partition coefficient (Wildman–Crippen LogP) is 4.32. The highest BCUT2D eigenvalue weighted by atomic mass is 16.6. The minimum atomic E-state index is -0.490. The molecular formula is C21H23N5O2. The standard InChI is InChI=1S/C21H23N5O2/c1-21(2,3)28-20(27)26-11-9-25(10-12-26)19-15-7-8-23-18(15)16-13-14(22-4)5-6-17(16)24-19/h5-8,13,23H,9-12H2,1-3H3. The summed E-state index contributed by atoms with van der Waals surface area (Å²) in [6, 6.07) is 7.57. The Labute approximate surface area is 163 Å². The molecule has 7 heteroatoms. The molecule has 2 aromatic heterocycles. The van der Waals surface area contributed by atoms with Crippen LogP contribution in [0.25, 0.3) is 26.7 Å². The molecule has 7 nitrogen and oxygen atoms in total. The number of amides is 1. The molecule has 144 valence electrons. The van der Waals surface area contributed by atoms with E-state index in [0.717, 1.165) is 27.6 Å². The third-order valence-electron chi connectivity index (χ3n) is 4.82. The first-order valence-electron chi connectivity index (χ1n) is 9.37. The maximum Gasteiger partial charge on any atom is 0.410 e. The number of aromatic amines is 1. The van der Waals surface area contributed by atoms with E-state index in [4.69, 9.17) is 16.3 Å². The average Bonchev–Trinajstić information content (AvgIpc) is 3.16. The van der Waals surface area contributed by atoms with Crippen molar-refractivity contribution in [1.82, 2.24) is 14.9 Å². The smallest absolute Gasteiger partial charge is 0.410 e. The van der Waals surface area contributed by atoms with Gasteiger partial charge in [-0.1, -0.05) is 6.07 Å². The first-order valence-corrected chi connectivity index (χ1v) is 9.37. The molecule has 1 N–H and O–H groups in total. The summed E-state index contributed by atoms with van der Waals surface area (Å²) in [4.78, 5) is 27.9. The molecule has 0 saturated carbocycles.